The highest BCUT2D eigenvalue weighted by atomic mass is 127. The first-order valence-corrected chi connectivity index (χ1v) is 7.91. The van der Waals surface area contributed by atoms with Gasteiger partial charge < -0.3 is 19.8 Å². The highest BCUT2D eigenvalue weighted by Gasteiger charge is 2.17. The van der Waals surface area contributed by atoms with Gasteiger partial charge in [0.1, 0.15) is 5.76 Å². The van der Waals surface area contributed by atoms with E-state index >= 15 is 0 Å². The maximum Gasteiger partial charge on any atom is 0.191 e. The van der Waals surface area contributed by atoms with Crippen LogP contribution < -0.4 is 10.6 Å². The second-order valence-electron chi connectivity index (χ2n) is 5.28. The van der Waals surface area contributed by atoms with Gasteiger partial charge in [0.2, 0.25) is 0 Å². The van der Waals surface area contributed by atoms with E-state index in [1.165, 1.54) is 0 Å². The van der Waals surface area contributed by atoms with Crippen LogP contribution in [0.15, 0.2) is 27.8 Å². The van der Waals surface area contributed by atoms with Crippen LogP contribution in [0.5, 0.6) is 0 Å². The van der Waals surface area contributed by atoms with Gasteiger partial charge in [0.15, 0.2) is 5.96 Å². The van der Waals surface area contributed by atoms with Gasteiger partial charge in [0, 0.05) is 33.4 Å². The summed E-state index contributed by atoms with van der Waals surface area (Å²) >= 11 is 0. The molecular formula is C16H31IN4O2. The molecule has 0 saturated heterocycles. The molecule has 0 bridgehead atoms. The zero-order valence-electron chi connectivity index (χ0n) is 14.7. The summed E-state index contributed by atoms with van der Waals surface area (Å²) in [4.78, 5) is 6.37. The zero-order chi connectivity index (χ0) is 16.2. The minimum Gasteiger partial charge on any atom is -0.468 e. The second-order valence-corrected chi connectivity index (χ2v) is 5.28. The molecule has 0 spiro atoms. The Hall–Kier alpha value is -0.800. The van der Waals surface area contributed by atoms with Gasteiger partial charge in [0.25, 0.3) is 0 Å². The van der Waals surface area contributed by atoms with Gasteiger partial charge >= 0.3 is 0 Å². The molecule has 2 N–H and O–H groups in total. The number of furan rings is 1. The quantitative estimate of drug-likeness (QED) is 0.255. The van der Waals surface area contributed by atoms with E-state index in [4.69, 9.17) is 9.15 Å². The average Bonchev–Trinajstić information content (AvgIpc) is 3.02. The molecule has 7 heteroatoms. The molecule has 0 radical (unpaired) electrons. The van der Waals surface area contributed by atoms with E-state index in [0.717, 1.165) is 50.9 Å². The number of hydrogen-bond donors (Lipinski definition) is 2. The Labute approximate surface area is 157 Å². The lowest BCUT2D eigenvalue weighted by molar-refractivity contribution is 0.143. The fourth-order valence-electron chi connectivity index (χ4n) is 2.11. The highest BCUT2D eigenvalue weighted by Crippen LogP contribution is 2.17. The number of nitrogens with zero attached hydrogens (tertiary/aromatic N) is 2. The molecule has 0 aliphatic rings. The van der Waals surface area contributed by atoms with E-state index in [-0.39, 0.29) is 30.0 Å². The number of hydrogen-bond acceptors (Lipinski definition) is 4. The summed E-state index contributed by atoms with van der Waals surface area (Å²) < 4.78 is 10.8. The average molecular weight is 438 g/mol. The predicted octanol–water partition coefficient (Wildman–Crippen LogP) is 2.48. The molecule has 1 aromatic heterocycles. The number of guanidine groups is 1. The van der Waals surface area contributed by atoms with Crippen molar-refractivity contribution in [2.75, 3.05) is 47.4 Å². The van der Waals surface area contributed by atoms with E-state index in [9.17, 15) is 0 Å². The van der Waals surface area contributed by atoms with E-state index < -0.39 is 0 Å². The second kappa shape index (κ2) is 13.6. The lowest BCUT2D eigenvalue weighted by Crippen LogP contribution is -2.42. The lowest BCUT2D eigenvalue weighted by atomic mass is 10.2. The molecule has 6 nitrogen and oxygen atoms in total. The summed E-state index contributed by atoms with van der Waals surface area (Å²) in [5.74, 6) is 1.76. The number of nitrogens with one attached hydrogen (secondary N) is 2. The van der Waals surface area contributed by atoms with Crippen LogP contribution in [0.4, 0.5) is 0 Å². The van der Waals surface area contributed by atoms with Gasteiger partial charge in [-0.1, -0.05) is 0 Å². The largest absolute Gasteiger partial charge is 0.468 e. The molecule has 0 fully saturated rings. The van der Waals surface area contributed by atoms with Crippen LogP contribution >= 0.6 is 24.0 Å². The normalized spacial score (nSPS) is 12.8. The Morgan fingerprint density at radius 3 is 2.70 bits per heavy atom. The number of ether oxygens (including phenoxy) is 1. The standard InChI is InChI=1S/C16H30N4O2.HI/c1-5-21-11-7-6-10-18-16(17-2)19-13-14(20(3)4)15-9-8-12-22-15;/h8-9,12,14H,5-7,10-11,13H2,1-4H3,(H2,17,18,19);1H. The van der Waals surface area contributed by atoms with Gasteiger partial charge in [-0.2, -0.15) is 0 Å². The van der Waals surface area contributed by atoms with Crippen LogP contribution in [0.1, 0.15) is 31.6 Å². The van der Waals surface area contributed by atoms with Crippen LogP contribution in [0.25, 0.3) is 0 Å². The third-order valence-corrected chi connectivity index (χ3v) is 3.39. The van der Waals surface area contributed by atoms with Crippen LogP contribution in [0.3, 0.4) is 0 Å². The summed E-state index contributed by atoms with van der Waals surface area (Å²) in [5, 5.41) is 6.67. The van der Waals surface area contributed by atoms with E-state index in [1.54, 1.807) is 13.3 Å². The number of rotatable bonds is 10. The molecule has 0 aliphatic heterocycles. The van der Waals surface area contributed by atoms with Crippen molar-refractivity contribution in [1.29, 1.82) is 0 Å². The van der Waals surface area contributed by atoms with E-state index in [1.807, 2.05) is 33.2 Å². The summed E-state index contributed by atoms with van der Waals surface area (Å²) in [6, 6.07) is 4.08. The van der Waals surface area contributed by atoms with Crippen molar-refractivity contribution >= 4 is 29.9 Å². The monoisotopic (exact) mass is 438 g/mol. The molecule has 1 heterocycles. The van der Waals surface area contributed by atoms with Crippen molar-refractivity contribution in [2.24, 2.45) is 4.99 Å². The van der Waals surface area contributed by atoms with Crippen LogP contribution in [0.2, 0.25) is 0 Å². The molecule has 0 amide bonds. The van der Waals surface area contributed by atoms with Crippen LogP contribution in [-0.4, -0.2) is 58.3 Å². The molecule has 134 valence electrons. The van der Waals surface area contributed by atoms with Gasteiger partial charge in [-0.3, -0.25) is 9.89 Å². The molecule has 0 saturated carbocycles. The lowest BCUT2D eigenvalue weighted by Gasteiger charge is -2.23. The van der Waals surface area contributed by atoms with Crippen molar-refractivity contribution in [3.05, 3.63) is 24.2 Å². The van der Waals surface area contributed by atoms with Crippen molar-refractivity contribution < 1.29 is 9.15 Å². The third-order valence-electron chi connectivity index (χ3n) is 3.39. The maximum absolute atomic E-state index is 5.50. The summed E-state index contributed by atoms with van der Waals surface area (Å²) in [6.45, 7) is 5.25. The Bertz CT molecular complexity index is 410. The topological polar surface area (TPSA) is 62.0 Å². The molecule has 0 aromatic carbocycles. The number of likely N-dealkylation sites (N-methyl/N-ethyl adjacent to an activating group) is 1. The fourth-order valence-corrected chi connectivity index (χ4v) is 2.11. The summed E-state index contributed by atoms with van der Waals surface area (Å²) in [6.07, 6.45) is 3.83. The van der Waals surface area contributed by atoms with Crippen molar-refractivity contribution in [1.82, 2.24) is 15.5 Å². The predicted molar refractivity (Wildman–Crippen MR) is 106 cm³/mol. The molecule has 1 unspecified atom stereocenters. The SMILES string of the molecule is CCOCCCCNC(=NC)NCC(c1ccco1)N(C)C.I. The van der Waals surface area contributed by atoms with Crippen molar-refractivity contribution in [3.63, 3.8) is 0 Å². The fraction of sp³-hybridized carbons (Fsp3) is 0.688. The van der Waals surface area contributed by atoms with Crippen molar-refractivity contribution in [3.8, 4) is 0 Å². The maximum atomic E-state index is 5.50. The van der Waals surface area contributed by atoms with Crippen molar-refractivity contribution in [2.45, 2.75) is 25.8 Å². The molecular weight excluding hydrogens is 407 g/mol. The Morgan fingerprint density at radius 1 is 1.35 bits per heavy atom. The summed E-state index contributed by atoms with van der Waals surface area (Å²) in [7, 11) is 5.87. The minimum atomic E-state index is 0. The van der Waals surface area contributed by atoms with E-state index in [2.05, 4.69) is 20.5 Å². The van der Waals surface area contributed by atoms with Crippen LogP contribution in [-0.2, 0) is 4.74 Å². The first kappa shape index (κ1) is 22.2. The molecule has 23 heavy (non-hydrogen) atoms. The number of halogens is 1. The molecule has 1 aromatic rings. The van der Waals surface area contributed by atoms with Gasteiger partial charge in [-0.15, -0.1) is 24.0 Å². The highest BCUT2D eigenvalue weighted by molar-refractivity contribution is 14.0. The first-order chi connectivity index (χ1) is 10.7. The molecule has 1 rings (SSSR count). The van der Waals surface area contributed by atoms with E-state index in [0.29, 0.717) is 0 Å². The van der Waals surface area contributed by atoms with Crippen LogP contribution in [0, 0.1) is 0 Å². The number of unbranched alkanes of at least 4 members (excludes halogenated alkanes) is 1. The number of aliphatic imine (C=N–C) groups is 1. The summed E-state index contributed by atoms with van der Waals surface area (Å²) in [5.41, 5.74) is 0. The molecule has 1 atom stereocenters. The first-order valence-electron chi connectivity index (χ1n) is 7.91. The zero-order valence-corrected chi connectivity index (χ0v) is 17.0. The molecule has 0 aliphatic carbocycles. The smallest absolute Gasteiger partial charge is 0.191 e. The Kier molecular flexibility index (Phi) is 13.1. The Balaban J connectivity index is 0.00000484. The Morgan fingerprint density at radius 2 is 2.13 bits per heavy atom. The van der Waals surface area contributed by atoms with Gasteiger partial charge in [-0.05, 0) is 46.0 Å². The third kappa shape index (κ3) is 9.17. The van der Waals surface area contributed by atoms with Gasteiger partial charge in [0.05, 0.1) is 12.3 Å². The minimum absolute atomic E-state index is 0. The van der Waals surface area contributed by atoms with Gasteiger partial charge in [-0.25, -0.2) is 0 Å².